The van der Waals surface area contributed by atoms with Crippen LogP contribution in [0.4, 0.5) is 0 Å². The van der Waals surface area contributed by atoms with Gasteiger partial charge in [0.25, 0.3) is 0 Å². The van der Waals surface area contributed by atoms with Gasteiger partial charge >= 0.3 is 0 Å². The van der Waals surface area contributed by atoms with Crippen molar-refractivity contribution in [1.82, 2.24) is 10.6 Å². The fourth-order valence-electron chi connectivity index (χ4n) is 1.34. The summed E-state index contributed by atoms with van der Waals surface area (Å²) in [6.07, 6.45) is 2.87. The molecule has 1 saturated carbocycles. The number of rotatable bonds is 8. The molecule has 0 aromatic rings. The summed E-state index contributed by atoms with van der Waals surface area (Å²) in [5.74, 6) is 0.0271. The number of carbonyl (C=O) groups excluding carboxylic acids is 1. The van der Waals surface area contributed by atoms with Crippen molar-refractivity contribution < 1.29 is 9.53 Å². The Labute approximate surface area is 98.1 Å². The van der Waals surface area contributed by atoms with Crippen LogP contribution in [0.1, 0.15) is 40.0 Å². The third kappa shape index (κ3) is 6.08. The Hall–Kier alpha value is -0.610. The van der Waals surface area contributed by atoms with E-state index in [1.54, 1.807) is 0 Å². The van der Waals surface area contributed by atoms with Gasteiger partial charge in [-0.1, -0.05) is 13.8 Å². The van der Waals surface area contributed by atoms with Crippen LogP contribution in [0.25, 0.3) is 0 Å². The first-order valence-corrected chi connectivity index (χ1v) is 6.25. The molecule has 1 fully saturated rings. The molecule has 4 heteroatoms. The molecule has 1 aliphatic carbocycles. The quantitative estimate of drug-likeness (QED) is 0.611. The van der Waals surface area contributed by atoms with E-state index in [1.807, 2.05) is 6.92 Å². The van der Waals surface area contributed by atoms with Gasteiger partial charge in [0.05, 0.1) is 0 Å². The van der Waals surface area contributed by atoms with Gasteiger partial charge in [0.1, 0.15) is 6.10 Å². The normalized spacial score (nSPS) is 17.5. The summed E-state index contributed by atoms with van der Waals surface area (Å²) in [7, 11) is 0. The summed E-state index contributed by atoms with van der Waals surface area (Å²) in [5.41, 5.74) is 0. The van der Waals surface area contributed by atoms with Gasteiger partial charge in [-0.25, -0.2) is 0 Å². The molecular weight excluding hydrogens is 204 g/mol. The second-order valence-corrected chi connectivity index (χ2v) is 4.76. The van der Waals surface area contributed by atoms with E-state index in [4.69, 9.17) is 4.74 Å². The first-order valence-electron chi connectivity index (χ1n) is 6.25. The van der Waals surface area contributed by atoms with Crippen LogP contribution >= 0.6 is 0 Å². The van der Waals surface area contributed by atoms with Gasteiger partial charge in [-0.05, 0) is 32.7 Å². The SMILES string of the molecule is CC(C)NCCCOC(C)C(=O)NC1CC1. The van der Waals surface area contributed by atoms with Gasteiger partial charge in [-0.3, -0.25) is 4.79 Å². The van der Waals surface area contributed by atoms with Gasteiger partial charge in [0, 0.05) is 18.7 Å². The predicted octanol–water partition coefficient (Wildman–Crippen LogP) is 1.06. The Morgan fingerprint density at radius 1 is 1.38 bits per heavy atom. The third-order valence-electron chi connectivity index (χ3n) is 2.53. The van der Waals surface area contributed by atoms with Gasteiger partial charge in [-0.15, -0.1) is 0 Å². The molecule has 1 rings (SSSR count). The monoisotopic (exact) mass is 228 g/mol. The van der Waals surface area contributed by atoms with E-state index in [1.165, 1.54) is 0 Å². The highest BCUT2D eigenvalue weighted by Crippen LogP contribution is 2.18. The molecule has 16 heavy (non-hydrogen) atoms. The molecule has 1 amide bonds. The highest BCUT2D eigenvalue weighted by molar-refractivity contribution is 5.80. The van der Waals surface area contributed by atoms with Crippen molar-refractivity contribution in [3.63, 3.8) is 0 Å². The zero-order valence-corrected chi connectivity index (χ0v) is 10.6. The molecule has 1 aliphatic rings. The average molecular weight is 228 g/mol. The van der Waals surface area contributed by atoms with Crippen LogP contribution in [0.5, 0.6) is 0 Å². The summed E-state index contributed by atoms with van der Waals surface area (Å²) < 4.78 is 5.46. The lowest BCUT2D eigenvalue weighted by Gasteiger charge is -2.13. The maximum Gasteiger partial charge on any atom is 0.249 e. The van der Waals surface area contributed by atoms with Crippen LogP contribution in [-0.4, -0.2) is 37.2 Å². The number of hydrogen-bond donors (Lipinski definition) is 2. The topological polar surface area (TPSA) is 50.4 Å². The van der Waals surface area contributed by atoms with E-state index in [9.17, 15) is 4.79 Å². The fourth-order valence-corrected chi connectivity index (χ4v) is 1.34. The minimum atomic E-state index is -0.320. The van der Waals surface area contributed by atoms with E-state index < -0.39 is 0 Å². The molecule has 1 atom stereocenters. The Bertz CT molecular complexity index is 215. The van der Waals surface area contributed by atoms with Crippen molar-refractivity contribution in [3.8, 4) is 0 Å². The molecule has 0 bridgehead atoms. The minimum Gasteiger partial charge on any atom is -0.369 e. The van der Waals surface area contributed by atoms with Crippen LogP contribution in [0.2, 0.25) is 0 Å². The van der Waals surface area contributed by atoms with E-state index in [-0.39, 0.29) is 12.0 Å². The fraction of sp³-hybridized carbons (Fsp3) is 0.917. The highest BCUT2D eigenvalue weighted by atomic mass is 16.5. The van der Waals surface area contributed by atoms with Crippen molar-refractivity contribution in [1.29, 1.82) is 0 Å². The van der Waals surface area contributed by atoms with E-state index in [0.717, 1.165) is 25.8 Å². The number of carbonyl (C=O) groups is 1. The number of hydrogen-bond acceptors (Lipinski definition) is 3. The summed E-state index contributed by atoms with van der Waals surface area (Å²) in [6.45, 7) is 7.63. The van der Waals surface area contributed by atoms with Gasteiger partial charge in [0.2, 0.25) is 5.91 Å². The Balaban J connectivity index is 1.96. The molecule has 0 spiro atoms. The van der Waals surface area contributed by atoms with Gasteiger partial charge in [0.15, 0.2) is 0 Å². The van der Waals surface area contributed by atoms with E-state index in [0.29, 0.717) is 18.7 Å². The van der Waals surface area contributed by atoms with Crippen molar-refractivity contribution in [2.75, 3.05) is 13.2 Å². The standard InChI is InChI=1S/C12H24N2O2/c1-9(2)13-7-4-8-16-10(3)12(15)14-11-5-6-11/h9-11,13H,4-8H2,1-3H3,(H,14,15). The Morgan fingerprint density at radius 3 is 2.62 bits per heavy atom. The summed E-state index contributed by atoms with van der Waals surface area (Å²) in [5, 5.41) is 6.24. The zero-order valence-electron chi connectivity index (χ0n) is 10.6. The van der Waals surface area contributed by atoms with Crippen molar-refractivity contribution >= 4 is 5.91 Å². The van der Waals surface area contributed by atoms with Crippen LogP contribution in [-0.2, 0) is 9.53 Å². The Kier molecular flexibility index (Phi) is 5.77. The number of amides is 1. The number of ether oxygens (including phenoxy) is 1. The number of nitrogens with one attached hydrogen (secondary N) is 2. The first-order chi connectivity index (χ1) is 7.59. The smallest absolute Gasteiger partial charge is 0.249 e. The molecule has 0 aromatic carbocycles. The molecule has 0 aliphatic heterocycles. The molecule has 0 heterocycles. The summed E-state index contributed by atoms with van der Waals surface area (Å²) in [4.78, 5) is 11.5. The second-order valence-electron chi connectivity index (χ2n) is 4.76. The average Bonchev–Trinajstić information content (AvgIpc) is 3.00. The summed E-state index contributed by atoms with van der Waals surface area (Å²) in [6, 6.07) is 0.928. The van der Waals surface area contributed by atoms with Gasteiger partial charge in [-0.2, -0.15) is 0 Å². The maximum atomic E-state index is 11.5. The molecule has 4 nitrogen and oxygen atoms in total. The maximum absolute atomic E-state index is 11.5. The lowest BCUT2D eigenvalue weighted by molar-refractivity contribution is -0.131. The molecule has 94 valence electrons. The van der Waals surface area contributed by atoms with Crippen LogP contribution in [0.3, 0.4) is 0 Å². The van der Waals surface area contributed by atoms with Crippen LogP contribution in [0, 0.1) is 0 Å². The third-order valence-corrected chi connectivity index (χ3v) is 2.53. The van der Waals surface area contributed by atoms with Gasteiger partial charge < -0.3 is 15.4 Å². The van der Waals surface area contributed by atoms with E-state index in [2.05, 4.69) is 24.5 Å². The molecule has 0 saturated heterocycles. The largest absolute Gasteiger partial charge is 0.369 e. The lowest BCUT2D eigenvalue weighted by atomic mass is 10.3. The Morgan fingerprint density at radius 2 is 2.06 bits per heavy atom. The molecular formula is C12H24N2O2. The van der Waals surface area contributed by atoms with E-state index >= 15 is 0 Å². The lowest BCUT2D eigenvalue weighted by Crippen LogP contribution is -2.36. The van der Waals surface area contributed by atoms with Crippen molar-refractivity contribution in [3.05, 3.63) is 0 Å². The van der Waals surface area contributed by atoms with Crippen LogP contribution in [0.15, 0.2) is 0 Å². The van der Waals surface area contributed by atoms with Crippen molar-refractivity contribution in [2.24, 2.45) is 0 Å². The highest BCUT2D eigenvalue weighted by Gasteiger charge is 2.25. The minimum absolute atomic E-state index is 0.0271. The predicted molar refractivity (Wildman–Crippen MR) is 64.3 cm³/mol. The molecule has 1 unspecified atom stereocenters. The van der Waals surface area contributed by atoms with Crippen molar-refractivity contribution in [2.45, 2.75) is 58.2 Å². The van der Waals surface area contributed by atoms with Crippen LogP contribution < -0.4 is 10.6 Å². The zero-order chi connectivity index (χ0) is 12.0. The first kappa shape index (κ1) is 13.5. The summed E-state index contributed by atoms with van der Waals surface area (Å²) >= 11 is 0. The molecule has 0 radical (unpaired) electrons. The molecule has 2 N–H and O–H groups in total. The molecule has 0 aromatic heterocycles. The second kappa shape index (κ2) is 6.86.